The van der Waals surface area contributed by atoms with E-state index in [2.05, 4.69) is 4.98 Å². The van der Waals surface area contributed by atoms with E-state index in [1.54, 1.807) is 18.5 Å². The van der Waals surface area contributed by atoms with E-state index in [1.807, 2.05) is 10.5 Å². The Morgan fingerprint density at radius 2 is 2.21 bits per heavy atom. The molecule has 2 N–H and O–H groups in total. The van der Waals surface area contributed by atoms with Gasteiger partial charge in [-0.1, -0.05) is 0 Å². The van der Waals surface area contributed by atoms with Crippen LogP contribution < -0.4 is 0 Å². The molecule has 0 atom stereocenters. The van der Waals surface area contributed by atoms with Crippen molar-refractivity contribution in [2.45, 2.75) is 12.8 Å². The zero-order chi connectivity index (χ0) is 9.97. The highest BCUT2D eigenvalue weighted by molar-refractivity contribution is 5.48. The molecule has 0 aliphatic heterocycles. The van der Waals surface area contributed by atoms with Gasteiger partial charge in [0.25, 0.3) is 0 Å². The number of aromatic hydroxyl groups is 1. The molecule has 4 nitrogen and oxygen atoms in total. The van der Waals surface area contributed by atoms with E-state index in [0.717, 1.165) is 11.3 Å². The molecule has 0 unspecified atom stereocenters. The van der Waals surface area contributed by atoms with E-state index in [9.17, 15) is 5.11 Å². The molecule has 0 aliphatic rings. The minimum atomic E-state index is 0.160. The average Bonchev–Trinajstić information content (AvgIpc) is 2.57. The van der Waals surface area contributed by atoms with Crippen molar-refractivity contribution in [3.63, 3.8) is 0 Å². The fourth-order valence-electron chi connectivity index (χ4n) is 1.45. The molecule has 0 aromatic carbocycles. The number of aromatic nitrogens is 2. The Hall–Kier alpha value is -1.55. The Labute approximate surface area is 81.5 Å². The van der Waals surface area contributed by atoms with Crippen LogP contribution in [0.4, 0.5) is 0 Å². The van der Waals surface area contributed by atoms with Crippen molar-refractivity contribution in [1.29, 1.82) is 0 Å². The first-order valence-corrected chi connectivity index (χ1v) is 4.57. The highest BCUT2D eigenvalue weighted by Gasteiger charge is 2.03. The third-order valence-electron chi connectivity index (χ3n) is 2.15. The van der Waals surface area contributed by atoms with E-state index in [0.29, 0.717) is 12.8 Å². The van der Waals surface area contributed by atoms with Crippen LogP contribution in [0.1, 0.15) is 12.2 Å². The molecule has 0 radical (unpaired) electrons. The number of fused-ring (bicyclic) bond motifs is 1. The highest BCUT2D eigenvalue weighted by Crippen LogP contribution is 2.14. The number of nitrogens with zero attached hydrogens (tertiary/aromatic N) is 2. The van der Waals surface area contributed by atoms with Gasteiger partial charge in [-0.2, -0.15) is 0 Å². The number of aryl methyl sites for hydroxylation is 1. The lowest BCUT2D eigenvalue weighted by Gasteiger charge is -2.00. The highest BCUT2D eigenvalue weighted by atomic mass is 16.3. The fraction of sp³-hybridized carbons (Fsp3) is 0.300. The molecule has 2 heterocycles. The normalized spacial score (nSPS) is 10.9. The topological polar surface area (TPSA) is 57.8 Å². The number of aliphatic hydroxyl groups excluding tert-OH is 1. The van der Waals surface area contributed by atoms with Crippen molar-refractivity contribution in [1.82, 2.24) is 9.38 Å². The summed E-state index contributed by atoms with van der Waals surface area (Å²) in [6, 6.07) is 3.44. The Bertz CT molecular complexity index is 437. The third-order valence-corrected chi connectivity index (χ3v) is 2.15. The second kappa shape index (κ2) is 3.67. The van der Waals surface area contributed by atoms with Crippen molar-refractivity contribution in [3.05, 3.63) is 30.4 Å². The smallest absolute Gasteiger partial charge is 0.132 e. The first-order valence-electron chi connectivity index (χ1n) is 4.57. The lowest BCUT2D eigenvalue weighted by Crippen LogP contribution is -1.96. The molecule has 0 aliphatic carbocycles. The molecule has 0 saturated heterocycles. The minimum absolute atomic E-state index is 0.160. The van der Waals surface area contributed by atoms with Gasteiger partial charge in [0.15, 0.2) is 0 Å². The largest absolute Gasteiger partial charge is 0.506 e. The molecule has 2 aromatic heterocycles. The van der Waals surface area contributed by atoms with Crippen LogP contribution in [0.3, 0.4) is 0 Å². The van der Waals surface area contributed by atoms with E-state index < -0.39 is 0 Å². The summed E-state index contributed by atoms with van der Waals surface area (Å²) in [7, 11) is 0. The van der Waals surface area contributed by atoms with Crippen molar-refractivity contribution in [2.75, 3.05) is 6.61 Å². The van der Waals surface area contributed by atoms with Crippen molar-refractivity contribution in [3.8, 4) is 5.75 Å². The maximum absolute atomic E-state index is 9.30. The zero-order valence-corrected chi connectivity index (χ0v) is 7.72. The Morgan fingerprint density at radius 1 is 1.36 bits per heavy atom. The molecule has 4 heteroatoms. The number of hydrogen-bond acceptors (Lipinski definition) is 3. The van der Waals surface area contributed by atoms with Gasteiger partial charge >= 0.3 is 0 Å². The second-order valence-electron chi connectivity index (χ2n) is 3.18. The van der Waals surface area contributed by atoms with Gasteiger partial charge in [0.2, 0.25) is 0 Å². The molecule has 0 fully saturated rings. The van der Waals surface area contributed by atoms with Gasteiger partial charge in [0.1, 0.15) is 11.6 Å². The molecule has 0 saturated carbocycles. The van der Waals surface area contributed by atoms with Crippen LogP contribution >= 0.6 is 0 Å². The summed E-state index contributed by atoms with van der Waals surface area (Å²) in [6.45, 7) is 0.160. The molecular weight excluding hydrogens is 180 g/mol. The summed E-state index contributed by atoms with van der Waals surface area (Å²) >= 11 is 0. The maximum Gasteiger partial charge on any atom is 0.132 e. The molecular formula is C10H12N2O2. The van der Waals surface area contributed by atoms with Crippen LogP contribution in [0.25, 0.3) is 5.52 Å². The number of hydrogen-bond donors (Lipinski definition) is 2. The third kappa shape index (κ3) is 1.56. The Balaban J connectivity index is 2.40. The monoisotopic (exact) mass is 192 g/mol. The summed E-state index contributed by atoms with van der Waals surface area (Å²) in [5, 5.41) is 18.0. The summed E-state index contributed by atoms with van der Waals surface area (Å²) in [6.07, 6.45) is 4.80. The van der Waals surface area contributed by atoms with Gasteiger partial charge in [-0.25, -0.2) is 4.98 Å². The lowest BCUT2D eigenvalue weighted by atomic mass is 10.3. The van der Waals surface area contributed by atoms with Gasteiger partial charge in [-0.15, -0.1) is 0 Å². The fourth-order valence-corrected chi connectivity index (χ4v) is 1.45. The van der Waals surface area contributed by atoms with Crippen LogP contribution in [-0.2, 0) is 6.42 Å². The van der Waals surface area contributed by atoms with E-state index in [1.165, 1.54) is 0 Å². The van der Waals surface area contributed by atoms with Crippen LogP contribution in [0, 0.1) is 0 Å². The lowest BCUT2D eigenvalue weighted by molar-refractivity contribution is 0.287. The standard InChI is InChI=1S/C10H12N2O2/c13-5-1-2-10-11-6-8-3-4-9(14)7-12(8)10/h3-4,6-7,13-14H,1-2,5H2. The first-order chi connectivity index (χ1) is 6.81. The average molecular weight is 192 g/mol. The van der Waals surface area contributed by atoms with Crippen LogP contribution in [0.2, 0.25) is 0 Å². The van der Waals surface area contributed by atoms with E-state index in [4.69, 9.17) is 5.11 Å². The maximum atomic E-state index is 9.30. The Morgan fingerprint density at radius 3 is 3.00 bits per heavy atom. The first kappa shape index (κ1) is 9.02. The van der Waals surface area contributed by atoms with Gasteiger partial charge in [0.05, 0.1) is 17.9 Å². The van der Waals surface area contributed by atoms with Crippen LogP contribution in [-0.4, -0.2) is 26.2 Å². The predicted octanol–water partition coefficient (Wildman–Crippen LogP) is 0.965. The summed E-state index contributed by atoms with van der Waals surface area (Å²) in [4.78, 5) is 4.21. The van der Waals surface area contributed by atoms with Gasteiger partial charge < -0.3 is 14.6 Å². The summed E-state index contributed by atoms with van der Waals surface area (Å²) < 4.78 is 1.84. The van der Waals surface area contributed by atoms with Crippen molar-refractivity contribution < 1.29 is 10.2 Å². The van der Waals surface area contributed by atoms with E-state index in [-0.39, 0.29) is 12.4 Å². The minimum Gasteiger partial charge on any atom is -0.506 e. The molecule has 0 bridgehead atoms. The number of aliphatic hydroxyl groups is 1. The van der Waals surface area contributed by atoms with Gasteiger partial charge in [-0.3, -0.25) is 0 Å². The van der Waals surface area contributed by atoms with Gasteiger partial charge in [-0.05, 0) is 18.6 Å². The van der Waals surface area contributed by atoms with Crippen LogP contribution in [0.5, 0.6) is 5.75 Å². The van der Waals surface area contributed by atoms with E-state index >= 15 is 0 Å². The number of rotatable bonds is 3. The molecule has 14 heavy (non-hydrogen) atoms. The Kier molecular flexibility index (Phi) is 2.37. The van der Waals surface area contributed by atoms with Crippen molar-refractivity contribution in [2.24, 2.45) is 0 Å². The summed E-state index contributed by atoms with van der Waals surface area (Å²) in [5.74, 6) is 1.09. The molecule has 2 rings (SSSR count). The predicted molar refractivity (Wildman–Crippen MR) is 52.3 cm³/mol. The SMILES string of the molecule is OCCCc1ncc2ccc(O)cn12. The molecule has 0 spiro atoms. The number of imidazole rings is 1. The summed E-state index contributed by atoms with van der Waals surface area (Å²) in [5.41, 5.74) is 0.954. The molecule has 0 amide bonds. The molecule has 74 valence electrons. The van der Waals surface area contributed by atoms with Crippen LogP contribution in [0.15, 0.2) is 24.5 Å². The molecule has 2 aromatic rings. The quantitative estimate of drug-likeness (QED) is 0.761. The number of pyridine rings is 1. The van der Waals surface area contributed by atoms with Crippen molar-refractivity contribution >= 4 is 5.52 Å². The second-order valence-corrected chi connectivity index (χ2v) is 3.18. The van der Waals surface area contributed by atoms with Gasteiger partial charge in [0, 0.05) is 13.0 Å². The zero-order valence-electron chi connectivity index (χ0n) is 7.72.